The lowest BCUT2D eigenvalue weighted by molar-refractivity contribution is -0.121. The molecular formula is C17H22ClNO3. The van der Waals surface area contributed by atoms with Crippen LogP contribution in [0.1, 0.15) is 43.7 Å². The standard InChI is InChI=1S/C17H22ClNO3/c1-11-3-2-4-15(5-11)19-16(20)8-12-6-14(18)7-13-9-21-10-22-17(12)13/h6-7,11,15H,2-5,8-10H2,1H3,(H,19,20). The highest BCUT2D eigenvalue weighted by Gasteiger charge is 2.22. The molecule has 0 aromatic heterocycles. The molecule has 1 N–H and O–H groups in total. The Morgan fingerprint density at radius 3 is 3.09 bits per heavy atom. The van der Waals surface area contributed by atoms with Gasteiger partial charge in [-0.05, 0) is 30.9 Å². The first-order valence-electron chi connectivity index (χ1n) is 7.93. The molecule has 2 aliphatic rings. The van der Waals surface area contributed by atoms with Crippen molar-refractivity contribution >= 4 is 17.5 Å². The van der Waals surface area contributed by atoms with Crippen molar-refractivity contribution in [2.75, 3.05) is 6.79 Å². The zero-order valence-corrected chi connectivity index (χ0v) is 13.6. The van der Waals surface area contributed by atoms with E-state index >= 15 is 0 Å². The van der Waals surface area contributed by atoms with Crippen LogP contribution in [0.3, 0.4) is 0 Å². The zero-order valence-electron chi connectivity index (χ0n) is 12.9. The molecule has 2 unspecified atom stereocenters. The van der Waals surface area contributed by atoms with E-state index in [-0.39, 0.29) is 12.7 Å². The summed E-state index contributed by atoms with van der Waals surface area (Å²) in [6.07, 6.45) is 4.91. The number of nitrogens with one attached hydrogen (secondary N) is 1. The predicted octanol–water partition coefficient (Wildman–Crippen LogP) is 3.44. The summed E-state index contributed by atoms with van der Waals surface area (Å²) >= 11 is 6.13. The smallest absolute Gasteiger partial charge is 0.224 e. The lowest BCUT2D eigenvalue weighted by Gasteiger charge is -2.27. The van der Waals surface area contributed by atoms with E-state index < -0.39 is 0 Å². The molecule has 0 saturated heterocycles. The molecule has 1 heterocycles. The fourth-order valence-corrected chi connectivity index (χ4v) is 3.67. The minimum atomic E-state index is 0.0404. The van der Waals surface area contributed by atoms with Crippen LogP contribution in [-0.4, -0.2) is 18.7 Å². The maximum atomic E-state index is 12.3. The van der Waals surface area contributed by atoms with Crippen LogP contribution < -0.4 is 10.1 Å². The Balaban J connectivity index is 1.67. The van der Waals surface area contributed by atoms with E-state index in [0.717, 1.165) is 29.7 Å². The minimum absolute atomic E-state index is 0.0404. The van der Waals surface area contributed by atoms with Gasteiger partial charge in [-0.3, -0.25) is 4.79 Å². The Kier molecular flexibility index (Phi) is 4.89. The molecule has 1 amide bonds. The van der Waals surface area contributed by atoms with Gasteiger partial charge in [-0.1, -0.05) is 31.4 Å². The van der Waals surface area contributed by atoms with Crippen molar-refractivity contribution in [3.8, 4) is 5.75 Å². The summed E-state index contributed by atoms with van der Waals surface area (Å²) in [5, 5.41) is 3.77. The van der Waals surface area contributed by atoms with Crippen molar-refractivity contribution in [3.63, 3.8) is 0 Å². The SMILES string of the molecule is CC1CCCC(NC(=O)Cc2cc(Cl)cc3c2OCOC3)C1. The monoisotopic (exact) mass is 323 g/mol. The van der Waals surface area contributed by atoms with E-state index in [1.54, 1.807) is 0 Å². The summed E-state index contributed by atoms with van der Waals surface area (Å²) in [5.41, 5.74) is 1.75. The van der Waals surface area contributed by atoms with E-state index in [2.05, 4.69) is 12.2 Å². The lowest BCUT2D eigenvalue weighted by atomic mass is 9.87. The zero-order chi connectivity index (χ0) is 15.5. The fraction of sp³-hybridized carbons (Fsp3) is 0.588. The lowest BCUT2D eigenvalue weighted by Crippen LogP contribution is -2.38. The number of carbonyl (C=O) groups is 1. The molecule has 0 spiro atoms. The number of carbonyl (C=O) groups excluding carboxylic acids is 1. The Morgan fingerprint density at radius 2 is 2.27 bits per heavy atom. The number of rotatable bonds is 3. The average Bonchev–Trinajstić information content (AvgIpc) is 2.47. The molecule has 120 valence electrons. The van der Waals surface area contributed by atoms with Gasteiger partial charge in [0.15, 0.2) is 6.79 Å². The third-order valence-corrected chi connectivity index (χ3v) is 4.62. The van der Waals surface area contributed by atoms with Crippen molar-refractivity contribution in [1.82, 2.24) is 5.32 Å². The molecule has 1 aromatic rings. The maximum absolute atomic E-state index is 12.3. The quantitative estimate of drug-likeness (QED) is 0.927. The van der Waals surface area contributed by atoms with Crippen molar-refractivity contribution in [2.45, 2.75) is 51.7 Å². The van der Waals surface area contributed by atoms with Gasteiger partial charge in [-0.15, -0.1) is 0 Å². The molecular weight excluding hydrogens is 302 g/mol. The van der Waals surface area contributed by atoms with Crippen LogP contribution in [0, 0.1) is 5.92 Å². The topological polar surface area (TPSA) is 47.6 Å². The van der Waals surface area contributed by atoms with Gasteiger partial charge in [0.1, 0.15) is 5.75 Å². The molecule has 1 saturated carbocycles. The number of benzene rings is 1. The van der Waals surface area contributed by atoms with E-state index in [9.17, 15) is 4.79 Å². The molecule has 0 bridgehead atoms. The van der Waals surface area contributed by atoms with E-state index in [1.807, 2.05) is 12.1 Å². The summed E-state index contributed by atoms with van der Waals surface area (Å²) < 4.78 is 10.8. The van der Waals surface area contributed by atoms with E-state index in [1.165, 1.54) is 12.8 Å². The number of hydrogen-bond donors (Lipinski definition) is 1. The molecule has 2 atom stereocenters. The molecule has 4 nitrogen and oxygen atoms in total. The Bertz CT molecular complexity index is 561. The number of fused-ring (bicyclic) bond motifs is 1. The van der Waals surface area contributed by atoms with Crippen LogP contribution in [0.4, 0.5) is 0 Å². The molecule has 0 radical (unpaired) electrons. The van der Waals surface area contributed by atoms with E-state index in [4.69, 9.17) is 21.1 Å². The predicted molar refractivity (Wildman–Crippen MR) is 85.0 cm³/mol. The highest BCUT2D eigenvalue weighted by atomic mass is 35.5. The summed E-state index contributed by atoms with van der Waals surface area (Å²) in [6.45, 7) is 2.95. The summed E-state index contributed by atoms with van der Waals surface area (Å²) in [4.78, 5) is 12.3. The first-order chi connectivity index (χ1) is 10.6. The summed E-state index contributed by atoms with van der Waals surface area (Å²) in [6, 6.07) is 3.95. The highest BCUT2D eigenvalue weighted by Crippen LogP contribution is 2.32. The number of ether oxygens (including phenoxy) is 2. The second kappa shape index (κ2) is 6.88. The van der Waals surface area contributed by atoms with Gasteiger partial charge >= 0.3 is 0 Å². The van der Waals surface area contributed by atoms with Crippen LogP contribution >= 0.6 is 11.6 Å². The minimum Gasteiger partial charge on any atom is -0.467 e. The van der Waals surface area contributed by atoms with Gasteiger partial charge in [0.25, 0.3) is 0 Å². The van der Waals surface area contributed by atoms with Gasteiger partial charge in [0.2, 0.25) is 5.91 Å². The number of halogens is 1. The second-order valence-electron chi connectivity index (χ2n) is 6.38. The van der Waals surface area contributed by atoms with Gasteiger partial charge in [-0.25, -0.2) is 0 Å². The summed E-state index contributed by atoms with van der Waals surface area (Å²) in [5.74, 6) is 1.49. The van der Waals surface area contributed by atoms with Gasteiger partial charge in [0, 0.05) is 22.2 Å². The van der Waals surface area contributed by atoms with Crippen molar-refractivity contribution in [1.29, 1.82) is 0 Å². The fourth-order valence-electron chi connectivity index (χ4n) is 3.40. The second-order valence-corrected chi connectivity index (χ2v) is 6.81. The van der Waals surface area contributed by atoms with Gasteiger partial charge < -0.3 is 14.8 Å². The van der Waals surface area contributed by atoms with Gasteiger partial charge in [-0.2, -0.15) is 0 Å². The van der Waals surface area contributed by atoms with Crippen LogP contribution in [0.2, 0.25) is 5.02 Å². The molecule has 1 aliphatic heterocycles. The molecule has 1 aliphatic carbocycles. The van der Waals surface area contributed by atoms with E-state index in [0.29, 0.717) is 30.0 Å². The third kappa shape index (κ3) is 3.73. The van der Waals surface area contributed by atoms with Crippen LogP contribution in [0.15, 0.2) is 12.1 Å². The number of hydrogen-bond acceptors (Lipinski definition) is 3. The Labute approximate surface area is 136 Å². The number of amides is 1. The molecule has 1 fully saturated rings. The molecule has 22 heavy (non-hydrogen) atoms. The third-order valence-electron chi connectivity index (χ3n) is 4.40. The summed E-state index contributed by atoms with van der Waals surface area (Å²) in [7, 11) is 0. The Morgan fingerprint density at radius 1 is 1.41 bits per heavy atom. The van der Waals surface area contributed by atoms with Crippen molar-refractivity contribution in [2.24, 2.45) is 5.92 Å². The van der Waals surface area contributed by atoms with Gasteiger partial charge in [0.05, 0.1) is 13.0 Å². The van der Waals surface area contributed by atoms with Crippen molar-refractivity contribution in [3.05, 3.63) is 28.3 Å². The largest absolute Gasteiger partial charge is 0.467 e. The first-order valence-corrected chi connectivity index (χ1v) is 8.31. The molecule has 1 aromatic carbocycles. The van der Waals surface area contributed by atoms with Crippen LogP contribution in [0.5, 0.6) is 5.75 Å². The first kappa shape index (κ1) is 15.6. The molecule has 3 rings (SSSR count). The molecule has 5 heteroatoms. The van der Waals surface area contributed by atoms with Crippen LogP contribution in [-0.2, 0) is 22.6 Å². The van der Waals surface area contributed by atoms with Crippen molar-refractivity contribution < 1.29 is 14.3 Å². The normalized spacial score (nSPS) is 24.3. The highest BCUT2D eigenvalue weighted by molar-refractivity contribution is 6.30. The average molecular weight is 324 g/mol. The maximum Gasteiger partial charge on any atom is 0.224 e. The Hall–Kier alpha value is -1.26. The van der Waals surface area contributed by atoms with Crippen LogP contribution in [0.25, 0.3) is 0 Å².